The van der Waals surface area contributed by atoms with Crippen molar-refractivity contribution >= 4 is 29.1 Å². The summed E-state index contributed by atoms with van der Waals surface area (Å²) in [4.78, 5) is 28.0. The first-order valence-corrected chi connectivity index (χ1v) is 11.7. The number of aliphatic hydroxyl groups excluding tert-OH is 1. The van der Waals surface area contributed by atoms with Crippen LogP contribution in [0.25, 0.3) is 5.76 Å². The zero-order chi connectivity index (χ0) is 24.4. The number of benzene rings is 2. The highest BCUT2D eigenvalue weighted by Crippen LogP contribution is 2.43. The predicted molar refractivity (Wildman–Crippen MR) is 128 cm³/mol. The Morgan fingerprint density at radius 3 is 2.74 bits per heavy atom. The fourth-order valence-electron chi connectivity index (χ4n) is 4.62. The van der Waals surface area contributed by atoms with E-state index < -0.39 is 17.7 Å². The minimum absolute atomic E-state index is 0.0170. The molecule has 180 valence electrons. The van der Waals surface area contributed by atoms with Crippen molar-refractivity contribution in [3.05, 3.63) is 63.7 Å². The summed E-state index contributed by atoms with van der Waals surface area (Å²) in [6.45, 7) is 5.04. The molecule has 2 saturated heterocycles. The Labute approximate surface area is 203 Å². The maximum atomic E-state index is 13.3. The molecule has 0 saturated carbocycles. The van der Waals surface area contributed by atoms with Gasteiger partial charge in [-0.2, -0.15) is 0 Å². The van der Waals surface area contributed by atoms with Crippen molar-refractivity contribution in [2.75, 3.05) is 26.9 Å². The number of nitrogens with zero attached hydrogens (tertiary/aromatic N) is 1. The first-order valence-electron chi connectivity index (χ1n) is 11.3. The summed E-state index contributed by atoms with van der Waals surface area (Å²) < 4.78 is 16.8. The van der Waals surface area contributed by atoms with E-state index in [4.69, 9.17) is 25.8 Å². The molecule has 1 N–H and O–H groups in total. The molecular weight excluding hydrogens is 458 g/mol. The topological polar surface area (TPSA) is 85.3 Å². The fourth-order valence-corrected chi connectivity index (χ4v) is 4.97. The number of ketones is 1. The summed E-state index contributed by atoms with van der Waals surface area (Å²) in [5.41, 5.74) is 1.67. The van der Waals surface area contributed by atoms with Gasteiger partial charge in [-0.05, 0) is 62.1 Å². The van der Waals surface area contributed by atoms with Crippen LogP contribution in [0.3, 0.4) is 0 Å². The zero-order valence-corrected chi connectivity index (χ0v) is 20.2. The van der Waals surface area contributed by atoms with Gasteiger partial charge in [0.25, 0.3) is 11.7 Å². The molecule has 0 radical (unpaired) electrons. The highest BCUT2D eigenvalue weighted by atomic mass is 35.5. The van der Waals surface area contributed by atoms with E-state index in [0.717, 1.165) is 18.4 Å². The third kappa shape index (κ3) is 4.50. The lowest BCUT2D eigenvalue weighted by atomic mass is 9.94. The Morgan fingerprint density at radius 2 is 2.06 bits per heavy atom. The number of amides is 1. The van der Waals surface area contributed by atoms with Crippen LogP contribution < -0.4 is 9.47 Å². The second kappa shape index (κ2) is 10.1. The number of carbonyl (C=O) groups excluding carboxylic acids is 2. The molecular formula is C26H28ClNO6. The maximum absolute atomic E-state index is 13.3. The van der Waals surface area contributed by atoms with E-state index in [-0.39, 0.29) is 35.3 Å². The highest BCUT2D eigenvalue weighted by Gasteiger charge is 2.47. The largest absolute Gasteiger partial charge is 0.507 e. The SMILES string of the molecule is CCOc1cccc(C2/C(=C(\O)c3cc(C)cc(Cl)c3OC)C(=O)C(=O)N2CC2CCCO2)c1. The number of halogens is 1. The van der Waals surface area contributed by atoms with Gasteiger partial charge in [0, 0.05) is 13.2 Å². The summed E-state index contributed by atoms with van der Waals surface area (Å²) in [7, 11) is 1.44. The quantitative estimate of drug-likeness (QED) is 0.349. The van der Waals surface area contributed by atoms with Gasteiger partial charge in [0.1, 0.15) is 17.3 Å². The lowest BCUT2D eigenvalue weighted by Crippen LogP contribution is -2.36. The molecule has 2 aliphatic rings. The molecule has 8 heteroatoms. The van der Waals surface area contributed by atoms with Crippen LogP contribution in [0.1, 0.15) is 42.5 Å². The van der Waals surface area contributed by atoms with Gasteiger partial charge in [-0.1, -0.05) is 23.7 Å². The van der Waals surface area contributed by atoms with Crippen LogP contribution in [0.15, 0.2) is 42.0 Å². The molecule has 0 spiro atoms. The number of methoxy groups -OCH3 is 1. The summed E-state index contributed by atoms with van der Waals surface area (Å²) in [6.07, 6.45) is 1.53. The fraction of sp³-hybridized carbons (Fsp3) is 0.385. The maximum Gasteiger partial charge on any atom is 0.295 e. The van der Waals surface area contributed by atoms with Crippen LogP contribution in [0.5, 0.6) is 11.5 Å². The molecule has 2 fully saturated rings. The van der Waals surface area contributed by atoms with Crippen LogP contribution in [-0.4, -0.2) is 54.7 Å². The molecule has 1 amide bonds. The Bertz CT molecular complexity index is 1140. The number of Topliss-reactive ketones (excluding diaryl/α,β-unsaturated/α-hetero) is 1. The van der Waals surface area contributed by atoms with Crippen LogP contribution in [0, 0.1) is 6.92 Å². The van der Waals surface area contributed by atoms with Gasteiger partial charge >= 0.3 is 0 Å². The van der Waals surface area contributed by atoms with Crippen molar-refractivity contribution in [1.82, 2.24) is 4.90 Å². The van der Waals surface area contributed by atoms with Gasteiger partial charge in [0.15, 0.2) is 0 Å². The molecule has 2 aromatic carbocycles. The van der Waals surface area contributed by atoms with Gasteiger partial charge in [-0.3, -0.25) is 9.59 Å². The molecule has 4 rings (SSSR count). The van der Waals surface area contributed by atoms with Crippen LogP contribution in [-0.2, 0) is 14.3 Å². The standard InChI is InChI=1S/C26H28ClNO6/c1-4-33-17-8-5-7-16(13-17)22-21(23(29)19-11-15(2)12-20(27)25(19)32-3)24(30)26(31)28(22)14-18-9-6-10-34-18/h5,7-8,11-13,18,22,29H,4,6,9-10,14H2,1-3H3/b23-21+. The third-order valence-corrected chi connectivity index (χ3v) is 6.38. The monoisotopic (exact) mass is 485 g/mol. The Morgan fingerprint density at radius 1 is 1.26 bits per heavy atom. The Balaban J connectivity index is 1.90. The van der Waals surface area contributed by atoms with Gasteiger partial charge in [0.05, 0.1) is 42.0 Å². The second-order valence-corrected chi connectivity index (χ2v) is 8.83. The number of aliphatic hydroxyl groups is 1. The molecule has 0 aliphatic carbocycles. The molecule has 2 unspecified atom stereocenters. The first kappa shape index (κ1) is 24.1. The Kier molecular flexibility index (Phi) is 7.14. The van der Waals surface area contributed by atoms with Crippen molar-refractivity contribution in [2.45, 2.75) is 38.8 Å². The van der Waals surface area contributed by atoms with Crippen molar-refractivity contribution in [3.8, 4) is 11.5 Å². The Hall–Kier alpha value is -3.03. The summed E-state index contributed by atoms with van der Waals surface area (Å²) in [5, 5.41) is 11.7. The molecule has 0 aromatic heterocycles. The summed E-state index contributed by atoms with van der Waals surface area (Å²) in [5.74, 6) is -0.929. The molecule has 0 bridgehead atoms. The van der Waals surface area contributed by atoms with Gasteiger partial charge in [0.2, 0.25) is 0 Å². The van der Waals surface area contributed by atoms with E-state index in [2.05, 4.69) is 0 Å². The predicted octanol–water partition coefficient (Wildman–Crippen LogP) is 4.66. The van der Waals surface area contributed by atoms with Crippen LogP contribution in [0.4, 0.5) is 0 Å². The van der Waals surface area contributed by atoms with E-state index in [1.165, 1.54) is 12.0 Å². The second-order valence-electron chi connectivity index (χ2n) is 8.42. The van der Waals surface area contributed by atoms with Gasteiger partial charge in [-0.15, -0.1) is 0 Å². The number of likely N-dealkylation sites (tertiary alicyclic amines) is 1. The number of ether oxygens (including phenoxy) is 3. The van der Waals surface area contributed by atoms with E-state index in [1.807, 2.05) is 26.0 Å². The average Bonchev–Trinajstić information content (AvgIpc) is 3.41. The normalized spacial score (nSPS) is 21.8. The smallest absolute Gasteiger partial charge is 0.295 e. The minimum Gasteiger partial charge on any atom is -0.507 e. The number of carbonyl (C=O) groups is 2. The van der Waals surface area contributed by atoms with Crippen molar-refractivity contribution in [1.29, 1.82) is 0 Å². The molecule has 34 heavy (non-hydrogen) atoms. The van der Waals surface area contributed by atoms with Crippen molar-refractivity contribution in [3.63, 3.8) is 0 Å². The molecule has 2 aromatic rings. The number of rotatable bonds is 7. The van der Waals surface area contributed by atoms with E-state index in [1.54, 1.807) is 24.3 Å². The molecule has 2 aliphatic heterocycles. The van der Waals surface area contributed by atoms with Gasteiger partial charge < -0.3 is 24.2 Å². The number of hydrogen-bond donors (Lipinski definition) is 1. The molecule has 7 nitrogen and oxygen atoms in total. The lowest BCUT2D eigenvalue weighted by molar-refractivity contribution is -0.140. The first-order chi connectivity index (χ1) is 16.3. The minimum atomic E-state index is -0.811. The van der Waals surface area contributed by atoms with E-state index in [9.17, 15) is 14.7 Å². The van der Waals surface area contributed by atoms with E-state index >= 15 is 0 Å². The molecule has 2 heterocycles. The van der Waals surface area contributed by atoms with Crippen LogP contribution in [0.2, 0.25) is 5.02 Å². The van der Waals surface area contributed by atoms with Gasteiger partial charge in [-0.25, -0.2) is 0 Å². The third-order valence-electron chi connectivity index (χ3n) is 6.10. The summed E-state index contributed by atoms with van der Waals surface area (Å²) >= 11 is 6.35. The molecule has 2 atom stereocenters. The highest BCUT2D eigenvalue weighted by molar-refractivity contribution is 6.46. The summed E-state index contributed by atoms with van der Waals surface area (Å²) in [6, 6.07) is 9.79. The number of hydrogen-bond acceptors (Lipinski definition) is 6. The zero-order valence-electron chi connectivity index (χ0n) is 19.5. The average molecular weight is 486 g/mol. The number of aryl methyl sites for hydroxylation is 1. The van der Waals surface area contributed by atoms with Crippen LogP contribution >= 0.6 is 11.6 Å². The van der Waals surface area contributed by atoms with Crippen molar-refractivity contribution in [2.24, 2.45) is 0 Å². The lowest BCUT2D eigenvalue weighted by Gasteiger charge is -2.28. The van der Waals surface area contributed by atoms with E-state index in [0.29, 0.717) is 29.5 Å². The van der Waals surface area contributed by atoms with Crippen molar-refractivity contribution < 1.29 is 28.9 Å².